The van der Waals surface area contributed by atoms with Gasteiger partial charge in [-0.25, -0.2) is 10.3 Å². The predicted molar refractivity (Wildman–Crippen MR) is 67.6 cm³/mol. The topological polar surface area (TPSA) is 52.5 Å². The van der Waals surface area contributed by atoms with Gasteiger partial charge in [-0.1, -0.05) is 23.2 Å². The molecule has 0 spiro atoms. The molecule has 1 aromatic heterocycles. The Hall–Kier alpha value is -0.750. The summed E-state index contributed by atoms with van der Waals surface area (Å²) in [4.78, 5) is 17.0. The number of aromatic nitrogens is 1. The molecule has 0 bridgehead atoms. The third-order valence-corrected chi connectivity index (χ3v) is 3.61. The van der Waals surface area contributed by atoms with Crippen LogP contribution in [0.2, 0.25) is 10.2 Å². The van der Waals surface area contributed by atoms with E-state index in [-0.39, 0.29) is 6.29 Å². The molecule has 0 radical (unpaired) electrons. The Morgan fingerprint density at radius 3 is 2.89 bits per heavy atom. The summed E-state index contributed by atoms with van der Waals surface area (Å²) in [6, 6.07) is 1.49. The second kappa shape index (κ2) is 5.93. The van der Waals surface area contributed by atoms with E-state index in [9.17, 15) is 4.79 Å². The maximum Gasteiger partial charge on any atom is 0.291 e. The monoisotopic (exact) mass is 292 g/mol. The molecule has 1 N–H and O–H groups in total. The minimum Gasteiger partial charge on any atom is -0.350 e. The van der Waals surface area contributed by atoms with Crippen molar-refractivity contribution in [3.8, 4) is 0 Å². The highest BCUT2D eigenvalue weighted by atomic mass is 35.5. The van der Waals surface area contributed by atoms with Gasteiger partial charge in [0, 0.05) is 20.1 Å². The van der Waals surface area contributed by atoms with Gasteiger partial charge in [-0.05, 0) is 18.9 Å². The van der Waals surface area contributed by atoms with Gasteiger partial charge < -0.3 is 9.30 Å². The van der Waals surface area contributed by atoms with Crippen LogP contribution < -0.4 is 5.48 Å². The maximum atomic E-state index is 11.8. The number of hydroxylamine groups is 1. The molecule has 1 atom stereocenters. The van der Waals surface area contributed by atoms with E-state index >= 15 is 0 Å². The van der Waals surface area contributed by atoms with Crippen LogP contribution in [0.15, 0.2) is 6.07 Å². The van der Waals surface area contributed by atoms with Gasteiger partial charge in [0.15, 0.2) is 6.29 Å². The molecule has 7 heteroatoms. The van der Waals surface area contributed by atoms with Crippen LogP contribution in [-0.4, -0.2) is 23.4 Å². The van der Waals surface area contributed by atoms with Crippen LogP contribution in [0.25, 0.3) is 0 Å². The second-order valence-corrected chi connectivity index (χ2v) is 4.84. The summed E-state index contributed by atoms with van der Waals surface area (Å²) in [6.07, 6.45) is 2.45. The lowest BCUT2D eigenvalue weighted by molar-refractivity contribution is -0.186. The first-order valence-electron chi connectivity index (χ1n) is 5.68. The number of rotatable bonds is 3. The number of hydrogen-bond donors (Lipinski definition) is 1. The van der Waals surface area contributed by atoms with E-state index in [0.29, 0.717) is 22.5 Å². The number of ether oxygens (including phenoxy) is 1. The first-order chi connectivity index (χ1) is 8.59. The van der Waals surface area contributed by atoms with Crippen LogP contribution in [0.1, 0.15) is 29.8 Å². The van der Waals surface area contributed by atoms with Crippen LogP contribution in [-0.2, 0) is 16.6 Å². The van der Waals surface area contributed by atoms with Crippen molar-refractivity contribution >= 4 is 29.1 Å². The lowest BCUT2D eigenvalue weighted by Crippen LogP contribution is -2.33. The molecule has 0 aliphatic carbocycles. The van der Waals surface area contributed by atoms with Gasteiger partial charge in [0.2, 0.25) is 0 Å². The molecule has 100 valence electrons. The highest BCUT2D eigenvalue weighted by Crippen LogP contribution is 2.25. The number of nitrogens with one attached hydrogen (secondary N) is 1. The number of amides is 1. The molecule has 2 heterocycles. The van der Waals surface area contributed by atoms with Crippen LogP contribution in [0.4, 0.5) is 0 Å². The molecule has 0 saturated carbocycles. The first-order valence-corrected chi connectivity index (χ1v) is 6.43. The van der Waals surface area contributed by atoms with Crippen molar-refractivity contribution < 1.29 is 14.4 Å². The summed E-state index contributed by atoms with van der Waals surface area (Å²) in [6.45, 7) is 0.655. The molecule has 1 fully saturated rings. The summed E-state index contributed by atoms with van der Waals surface area (Å²) in [5.41, 5.74) is 2.68. The summed E-state index contributed by atoms with van der Waals surface area (Å²) in [5, 5.41) is 0.647. The Kier molecular flexibility index (Phi) is 4.50. The van der Waals surface area contributed by atoms with Gasteiger partial charge in [0.25, 0.3) is 5.91 Å². The van der Waals surface area contributed by atoms with E-state index < -0.39 is 5.91 Å². The number of carbonyl (C=O) groups is 1. The van der Waals surface area contributed by atoms with E-state index in [1.54, 1.807) is 7.05 Å². The van der Waals surface area contributed by atoms with Crippen LogP contribution in [0, 0.1) is 0 Å². The molecule has 0 unspecified atom stereocenters. The van der Waals surface area contributed by atoms with Crippen molar-refractivity contribution in [1.29, 1.82) is 0 Å². The van der Waals surface area contributed by atoms with Crippen molar-refractivity contribution in [3.05, 3.63) is 21.9 Å². The van der Waals surface area contributed by atoms with Crippen molar-refractivity contribution in [2.45, 2.75) is 25.6 Å². The Labute approximate surface area is 115 Å². The summed E-state index contributed by atoms with van der Waals surface area (Å²) in [5.74, 6) is -0.402. The van der Waals surface area contributed by atoms with Gasteiger partial charge in [-0.3, -0.25) is 4.79 Å². The molecular weight excluding hydrogens is 279 g/mol. The zero-order valence-corrected chi connectivity index (χ0v) is 11.4. The number of nitrogens with zero attached hydrogens (tertiary/aromatic N) is 1. The molecule has 1 aromatic rings. The Balaban J connectivity index is 1.93. The standard InChI is InChI=1S/C11H14Cl2N2O3/c1-15-8(6-7(12)10(15)13)11(16)14-18-9-4-2-3-5-17-9/h6,9H,2-5H2,1H3,(H,14,16)/t9-/m1/s1. The van der Waals surface area contributed by atoms with Gasteiger partial charge in [0.1, 0.15) is 10.8 Å². The van der Waals surface area contributed by atoms with Crippen molar-refractivity contribution in [1.82, 2.24) is 10.0 Å². The Morgan fingerprint density at radius 1 is 1.56 bits per heavy atom. The summed E-state index contributed by atoms with van der Waals surface area (Å²) in [7, 11) is 1.65. The van der Waals surface area contributed by atoms with Crippen LogP contribution in [0.5, 0.6) is 0 Å². The lowest BCUT2D eigenvalue weighted by Gasteiger charge is -2.22. The fourth-order valence-corrected chi connectivity index (χ4v) is 2.11. The quantitative estimate of drug-likeness (QED) is 0.871. The predicted octanol–water partition coefficient (Wildman–Crippen LogP) is 2.52. The number of halogens is 2. The normalized spacial score (nSPS) is 19.8. The van der Waals surface area contributed by atoms with Crippen LogP contribution >= 0.6 is 23.2 Å². The SMILES string of the molecule is Cn1c(C(=O)NO[C@@H]2CCCCO2)cc(Cl)c1Cl. The number of hydrogen-bond acceptors (Lipinski definition) is 3. The van der Waals surface area contributed by atoms with Crippen molar-refractivity contribution in [3.63, 3.8) is 0 Å². The largest absolute Gasteiger partial charge is 0.350 e. The fraction of sp³-hybridized carbons (Fsp3) is 0.545. The first kappa shape index (κ1) is 13.7. The molecule has 1 aliphatic rings. The van der Waals surface area contributed by atoms with Gasteiger partial charge in [-0.15, -0.1) is 0 Å². The Morgan fingerprint density at radius 2 is 2.33 bits per heavy atom. The zero-order valence-electron chi connectivity index (χ0n) is 9.91. The smallest absolute Gasteiger partial charge is 0.291 e. The second-order valence-electron chi connectivity index (χ2n) is 4.07. The maximum absolute atomic E-state index is 11.8. The minimum atomic E-state index is -0.402. The third-order valence-electron chi connectivity index (χ3n) is 2.77. The van der Waals surface area contributed by atoms with E-state index in [1.807, 2.05) is 0 Å². The minimum absolute atomic E-state index is 0.315. The van der Waals surface area contributed by atoms with Crippen molar-refractivity contribution in [2.24, 2.45) is 7.05 Å². The third kappa shape index (κ3) is 2.98. The molecule has 18 heavy (non-hydrogen) atoms. The number of carbonyl (C=O) groups excluding carboxylic acids is 1. The van der Waals surface area contributed by atoms with Gasteiger partial charge >= 0.3 is 0 Å². The van der Waals surface area contributed by atoms with E-state index in [0.717, 1.165) is 19.3 Å². The Bertz CT molecular complexity index is 442. The van der Waals surface area contributed by atoms with E-state index in [1.165, 1.54) is 10.6 Å². The molecule has 0 aromatic carbocycles. The zero-order chi connectivity index (χ0) is 13.1. The molecule has 1 aliphatic heterocycles. The average Bonchev–Trinajstić information content (AvgIpc) is 2.65. The van der Waals surface area contributed by atoms with Crippen molar-refractivity contribution in [2.75, 3.05) is 6.61 Å². The molecule has 2 rings (SSSR count). The van der Waals surface area contributed by atoms with Gasteiger partial charge in [0.05, 0.1) is 5.02 Å². The highest BCUT2D eigenvalue weighted by Gasteiger charge is 2.19. The molecule has 5 nitrogen and oxygen atoms in total. The molecular formula is C11H14Cl2N2O3. The van der Waals surface area contributed by atoms with Gasteiger partial charge in [-0.2, -0.15) is 0 Å². The fourth-order valence-electron chi connectivity index (χ4n) is 1.74. The lowest BCUT2D eigenvalue weighted by atomic mass is 10.2. The highest BCUT2D eigenvalue weighted by molar-refractivity contribution is 6.41. The van der Waals surface area contributed by atoms with E-state index in [2.05, 4.69) is 5.48 Å². The van der Waals surface area contributed by atoms with E-state index in [4.69, 9.17) is 32.8 Å². The molecule has 1 amide bonds. The average molecular weight is 293 g/mol. The summed E-state index contributed by atoms with van der Waals surface area (Å²) >= 11 is 11.7. The summed E-state index contributed by atoms with van der Waals surface area (Å²) < 4.78 is 6.82. The van der Waals surface area contributed by atoms with Crippen LogP contribution in [0.3, 0.4) is 0 Å². The molecule has 1 saturated heterocycles.